The zero-order valence-corrected chi connectivity index (χ0v) is 25.8. The molecule has 0 amide bonds. The number of nitrogens with zero attached hydrogens (tertiary/aromatic N) is 3. The van der Waals surface area contributed by atoms with Crippen molar-refractivity contribution in [2.45, 2.75) is 19.3 Å². The monoisotopic (exact) mass is 605 g/mol. The number of hydrogen-bond acceptors (Lipinski definition) is 5. The second kappa shape index (κ2) is 10.1. The van der Waals surface area contributed by atoms with E-state index in [1.54, 1.807) is 0 Å². The van der Waals surface area contributed by atoms with Gasteiger partial charge in [0.25, 0.3) is 0 Å². The Morgan fingerprint density at radius 1 is 0.511 bits per heavy atom. The molecular formula is C42H27N3O2. The molecule has 0 N–H and O–H groups in total. The van der Waals surface area contributed by atoms with Gasteiger partial charge in [-0.3, -0.25) is 0 Å². The number of oxazole rings is 2. The summed E-state index contributed by atoms with van der Waals surface area (Å²) in [5.74, 6) is 1.09. The lowest BCUT2D eigenvalue weighted by molar-refractivity contribution is 0.617. The number of hydrogen-bond donors (Lipinski definition) is 0. The minimum absolute atomic E-state index is 0.215. The van der Waals surface area contributed by atoms with Crippen molar-refractivity contribution in [1.29, 1.82) is 5.26 Å². The van der Waals surface area contributed by atoms with Gasteiger partial charge in [0.05, 0.1) is 11.6 Å². The van der Waals surface area contributed by atoms with Gasteiger partial charge >= 0.3 is 0 Å². The van der Waals surface area contributed by atoms with Gasteiger partial charge in [0.15, 0.2) is 11.2 Å². The second-order valence-electron chi connectivity index (χ2n) is 12.6. The average Bonchev–Trinajstić information content (AvgIpc) is 3.81. The number of fused-ring (bicyclic) bond motifs is 5. The lowest BCUT2D eigenvalue weighted by atomic mass is 9.81. The molecular weight excluding hydrogens is 578 g/mol. The third-order valence-electron chi connectivity index (χ3n) is 9.35. The van der Waals surface area contributed by atoms with Crippen LogP contribution < -0.4 is 0 Å². The Kier molecular flexibility index (Phi) is 5.84. The number of nitriles is 1. The van der Waals surface area contributed by atoms with Crippen LogP contribution in [0.4, 0.5) is 0 Å². The van der Waals surface area contributed by atoms with E-state index in [0.717, 1.165) is 55.6 Å². The maximum Gasteiger partial charge on any atom is 0.227 e. The lowest BCUT2D eigenvalue weighted by Crippen LogP contribution is -2.15. The highest BCUT2D eigenvalue weighted by atomic mass is 16.4. The Bertz CT molecular complexity index is 2420. The molecule has 0 bridgehead atoms. The van der Waals surface area contributed by atoms with Crippen LogP contribution >= 0.6 is 0 Å². The van der Waals surface area contributed by atoms with Gasteiger partial charge in [-0.05, 0) is 111 Å². The summed E-state index contributed by atoms with van der Waals surface area (Å²) in [5, 5.41) is 9.53. The predicted octanol–water partition coefficient (Wildman–Crippen LogP) is 10.8. The van der Waals surface area contributed by atoms with Gasteiger partial charge in [-0.1, -0.05) is 74.5 Å². The van der Waals surface area contributed by atoms with E-state index in [1.807, 2.05) is 66.7 Å². The summed E-state index contributed by atoms with van der Waals surface area (Å²) in [7, 11) is 0. The first-order chi connectivity index (χ1) is 22.9. The average molecular weight is 606 g/mol. The van der Waals surface area contributed by atoms with Gasteiger partial charge in [0.1, 0.15) is 11.0 Å². The minimum Gasteiger partial charge on any atom is -0.436 e. The topological polar surface area (TPSA) is 75.8 Å². The SMILES string of the molecule is CC1(C)c2cc(C#N)ccc2-c2ccc(-c3cccc(-c4cc(-c5nc6ccccc6o5)cc(-c5nc6ccccc6o5)c4)c3)cc21. The summed E-state index contributed by atoms with van der Waals surface area (Å²) >= 11 is 0. The standard InChI is InChI=1S/C42H27N3O2/c1-42(2)34-18-25(24-43)14-16-32(34)33-17-15-28(23-35(33)42)26-8-7-9-27(19-26)29-20-30(40-44-36-10-3-5-12-38(36)46-40)22-31(21-29)41-45-37-11-4-6-13-39(37)47-41/h3-23H,1-2H3. The third kappa shape index (κ3) is 4.38. The molecule has 5 heteroatoms. The fourth-order valence-electron chi connectivity index (χ4n) is 6.90. The van der Waals surface area contributed by atoms with Gasteiger partial charge in [0, 0.05) is 16.5 Å². The molecule has 47 heavy (non-hydrogen) atoms. The number of benzene rings is 6. The number of para-hydroxylation sites is 4. The van der Waals surface area contributed by atoms with Crippen LogP contribution in [-0.2, 0) is 5.41 Å². The maximum absolute atomic E-state index is 9.53. The quantitative estimate of drug-likeness (QED) is 0.199. The van der Waals surface area contributed by atoms with E-state index in [1.165, 1.54) is 22.3 Å². The van der Waals surface area contributed by atoms with Crippen LogP contribution in [0, 0.1) is 11.3 Å². The number of rotatable bonds is 4. The molecule has 0 atom stereocenters. The van der Waals surface area contributed by atoms with Crippen molar-refractivity contribution in [3.05, 3.63) is 144 Å². The zero-order valence-electron chi connectivity index (χ0n) is 25.8. The highest BCUT2D eigenvalue weighted by Gasteiger charge is 2.35. The van der Waals surface area contributed by atoms with Crippen LogP contribution in [0.3, 0.4) is 0 Å². The molecule has 0 spiro atoms. The van der Waals surface area contributed by atoms with Gasteiger partial charge in [-0.15, -0.1) is 0 Å². The molecule has 9 rings (SSSR count). The summed E-state index contributed by atoms with van der Waals surface area (Å²) in [5.41, 5.74) is 14.5. The molecule has 0 saturated carbocycles. The van der Waals surface area contributed by atoms with Crippen molar-refractivity contribution in [2.75, 3.05) is 0 Å². The summed E-state index contributed by atoms with van der Waals surface area (Å²) in [6, 6.07) is 45.5. The van der Waals surface area contributed by atoms with Crippen LogP contribution in [0.15, 0.2) is 136 Å². The zero-order chi connectivity index (χ0) is 31.7. The van der Waals surface area contributed by atoms with E-state index in [0.29, 0.717) is 17.3 Å². The Morgan fingerprint density at radius 3 is 1.64 bits per heavy atom. The maximum atomic E-state index is 9.53. The molecule has 0 radical (unpaired) electrons. The molecule has 1 aliphatic carbocycles. The molecule has 0 aliphatic heterocycles. The molecule has 5 nitrogen and oxygen atoms in total. The third-order valence-corrected chi connectivity index (χ3v) is 9.35. The van der Waals surface area contributed by atoms with Crippen molar-refractivity contribution >= 4 is 22.2 Å². The summed E-state index contributed by atoms with van der Waals surface area (Å²) in [6.45, 7) is 4.48. The minimum atomic E-state index is -0.215. The van der Waals surface area contributed by atoms with Crippen LogP contribution in [0.25, 0.3) is 78.5 Å². The van der Waals surface area contributed by atoms with Gasteiger partial charge in [-0.2, -0.15) is 5.26 Å². The van der Waals surface area contributed by atoms with Gasteiger partial charge < -0.3 is 8.83 Å². The van der Waals surface area contributed by atoms with Crippen molar-refractivity contribution in [1.82, 2.24) is 9.97 Å². The van der Waals surface area contributed by atoms with Crippen LogP contribution in [0.1, 0.15) is 30.5 Å². The van der Waals surface area contributed by atoms with Crippen molar-refractivity contribution in [2.24, 2.45) is 0 Å². The Hall–Kier alpha value is -6.25. The Balaban J connectivity index is 1.17. The fraction of sp³-hybridized carbons (Fsp3) is 0.0714. The second-order valence-corrected chi connectivity index (χ2v) is 12.6. The van der Waals surface area contributed by atoms with Crippen molar-refractivity contribution < 1.29 is 8.83 Å². The fourth-order valence-corrected chi connectivity index (χ4v) is 6.90. The first-order valence-electron chi connectivity index (χ1n) is 15.6. The molecule has 0 fully saturated rings. The summed E-state index contributed by atoms with van der Waals surface area (Å²) in [6.07, 6.45) is 0. The van der Waals surface area contributed by atoms with Crippen LogP contribution in [-0.4, -0.2) is 9.97 Å². The lowest BCUT2D eigenvalue weighted by Gasteiger charge is -2.22. The molecule has 2 aromatic heterocycles. The molecule has 6 aromatic carbocycles. The van der Waals surface area contributed by atoms with Crippen molar-refractivity contribution in [3.63, 3.8) is 0 Å². The van der Waals surface area contributed by atoms with E-state index in [4.69, 9.17) is 18.8 Å². The van der Waals surface area contributed by atoms with E-state index in [9.17, 15) is 5.26 Å². The van der Waals surface area contributed by atoms with E-state index >= 15 is 0 Å². The molecule has 0 unspecified atom stereocenters. The van der Waals surface area contributed by atoms with E-state index in [2.05, 4.69) is 80.6 Å². The molecule has 8 aromatic rings. The molecule has 1 aliphatic rings. The van der Waals surface area contributed by atoms with Crippen LogP contribution in [0.2, 0.25) is 0 Å². The first-order valence-corrected chi connectivity index (χ1v) is 15.6. The Labute approximate surface area is 271 Å². The van der Waals surface area contributed by atoms with Crippen molar-refractivity contribution in [3.8, 4) is 62.4 Å². The molecule has 2 heterocycles. The predicted molar refractivity (Wildman–Crippen MR) is 186 cm³/mol. The highest BCUT2D eigenvalue weighted by molar-refractivity contribution is 5.86. The summed E-state index contributed by atoms with van der Waals surface area (Å²) in [4.78, 5) is 9.60. The molecule has 222 valence electrons. The van der Waals surface area contributed by atoms with E-state index in [-0.39, 0.29) is 5.41 Å². The van der Waals surface area contributed by atoms with Gasteiger partial charge in [0.2, 0.25) is 11.8 Å². The number of aromatic nitrogens is 2. The highest BCUT2D eigenvalue weighted by Crippen LogP contribution is 2.50. The smallest absolute Gasteiger partial charge is 0.227 e. The summed E-state index contributed by atoms with van der Waals surface area (Å²) < 4.78 is 12.4. The Morgan fingerprint density at radius 2 is 1.02 bits per heavy atom. The normalized spacial score (nSPS) is 13.0. The first kappa shape index (κ1) is 27.1. The van der Waals surface area contributed by atoms with Gasteiger partial charge in [-0.25, -0.2) is 9.97 Å². The van der Waals surface area contributed by atoms with E-state index < -0.39 is 0 Å². The molecule has 0 saturated heterocycles. The van der Waals surface area contributed by atoms with Crippen LogP contribution in [0.5, 0.6) is 0 Å². The largest absolute Gasteiger partial charge is 0.436 e.